The zero-order chi connectivity index (χ0) is 55.0. The van der Waals surface area contributed by atoms with Crippen LogP contribution in [0.2, 0.25) is 0 Å². The van der Waals surface area contributed by atoms with E-state index in [1.165, 1.54) is 151 Å². The third kappa shape index (κ3) is 45.4. The molecular weight excluding hydrogens is 951 g/mol. The summed E-state index contributed by atoms with van der Waals surface area (Å²) in [5, 5.41) is 37.3. The van der Waals surface area contributed by atoms with Gasteiger partial charge < -0.3 is 39.7 Å². The Hall–Kier alpha value is -4.03. The predicted molar refractivity (Wildman–Crippen MR) is 290 cm³/mol. The van der Waals surface area contributed by atoms with E-state index in [2.05, 4.69) is 13.8 Å². The zero-order valence-corrected chi connectivity index (χ0v) is 46.9. The molecule has 0 radical (unpaired) electrons. The molecule has 0 aliphatic carbocycles. The summed E-state index contributed by atoms with van der Waals surface area (Å²) < 4.78 is 11.6. The molecule has 0 saturated carbocycles. The molecule has 2 amide bonds. The number of hydrogen-bond acceptors (Lipinski definition) is 12. The van der Waals surface area contributed by atoms with Crippen molar-refractivity contribution in [3.8, 4) is 0 Å². The van der Waals surface area contributed by atoms with Gasteiger partial charge in [0.15, 0.2) is 0 Å². The maximum absolute atomic E-state index is 13.5. The molecule has 0 heterocycles. The number of aliphatic carboxylic acids is 3. The Morgan fingerprint density at radius 2 is 0.770 bits per heavy atom. The minimum Gasteiger partial charge on any atom is -0.480 e. The van der Waals surface area contributed by atoms with E-state index >= 15 is 0 Å². The lowest BCUT2D eigenvalue weighted by atomic mass is 10.0. The van der Waals surface area contributed by atoms with Crippen LogP contribution < -0.4 is 0 Å². The van der Waals surface area contributed by atoms with Crippen LogP contribution >= 0.6 is 0 Å². The van der Waals surface area contributed by atoms with Gasteiger partial charge in [-0.15, -0.1) is 0 Å². The summed E-state index contributed by atoms with van der Waals surface area (Å²) in [6, 6.07) is 0. The van der Waals surface area contributed by atoms with Crippen LogP contribution in [0.3, 0.4) is 0 Å². The van der Waals surface area contributed by atoms with Gasteiger partial charge in [-0.2, -0.15) is 0 Å². The molecule has 432 valence electrons. The van der Waals surface area contributed by atoms with Crippen LogP contribution in [-0.4, -0.2) is 186 Å². The molecule has 0 bridgehead atoms. The number of ether oxygens (including phenoxy) is 2. The molecule has 18 nitrogen and oxygen atoms in total. The van der Waals surface area contributed by atoms with E-state index in [0.717, 1.165) is 49.8 Å². The molecule has 0 aromatic heterocycles. The minimum atomic E-state index is -1.47. The SMILES string of the molecule is CCCCCCCCCCCCCCCCCC(=O)OCC(CN(C)CCN(C)C(=O)CN(CCN(CC(=O)O)CC(=O)O)CCN(CC(=O)O)C(=O)O)OC(=O)CCCCCCCCCCCCCCCCC. The highest BCUT2D eigenvalue weighted by Gasteiger charge is 2.23. The summed E-state index contributed by atoms with van der Waals surface area (Å²) in [5.74, 6) is -4.91. The van der Waals surface area contributed by atoms with Gasteiger partial charge in [0.25, 0.3) is 0 Å². The van der Waals surface area contributed by atoms with Crippen LogP contribution in [0, 0.1) is 0 Å². The van der Waals surface area contributed by atoms with Crippen molar-refractivity contribution in [2.24, 2.45) is 0 Å². The second-order valence-electron chi connectivity index (χ2n) is 20.6. The first-order chi connectivity index (χ1) is 35.6. The lowest BCUT2D eigenvalue weighted by Crippen LogP contribution is -2.48. The van der Waals surface area contributed by atoms with E-state index in [9.17, 15) is 54.0 Å². The number of carboxylic acids is 3. The van der Waals surface area contributed by atoms with Crippen molar-refractivity contribution in [3.05, 3.63) is 0 Å². The first-order valence-corrected chi connectivity index (χ1v) is 28.9. The van der Waals surface area contributed by atoms with E-state index in [4.69, 9.17) is 9.47 Å². The summed E-state index contributed by atoms with van der Waals surface area (Å²) in [5.41, 5.74) is 0. The fourth-order valence-corrected chi connectivity index (χ4v) is 8.92. The maximum Gasteiger partial charge on any atom is 0.407 e. The molecule has 0 aliphatic heterocycles. The van der Waals surface area contributed by atoms with E-state index < -0.39 is 49.7 Å². The molecule has 0 saturated heterocycles. The number of amides is 2. The molecule has 1 unspecified atom stereocenters. The van der Waals surface area contributed by atoms with Crippen LogP contribution in [0.1, 0.15) is 219 Å². The van der Waals surface area contributed by atoms with Crippen molar-refractivity contribution in [1.82, 2.24) is 24.5 Å². The molecule has 18 heteroatoms. The van der Waals surface area contributed by atoms with E-state index in [1.807, 2.05) is 4.90 Å². The number of unbranched alkanes of at least 4 members (excludes halogenated alkanes) is 28. The predicted octanol–water partition coefficient (Wildman–Crippen LogP) is 10.2. The Balaban J connectivity index is 5.24. The molecule has 0 aliphatic rings. The number of likely N-dealkylation sites (N-methyl/N-ethyl adjacent to an activating group) is 2. The van der Waals surface area contributed by atoms with Crippen LogP contribution in [0.15, 0.2) is 0 Å². The van der Waals surface area contributed by atoms with Gasteiger partial charge in [0.2, 0.25) is 5.91 Å². The average molecular weight is 1060 g/mol. The van der Waals surface area contributed by atoms with Crippen LogP contribution in [0.4, 0.5) is 4.79 Å². The number of carboxylic acid groups (broad SMARTS) is 4. The second-order valence-corrected chi connectivity index (χ2v) is 20.6. The third-order valence-corrected chi connectivity index (χ3v) is 13.5. The standard InChI is InChI=1S/C56H105N5O13/c1-5-7-9-11-13-15-17-19-21-23-25-27-29-31-33-35-54(69)73-48-49(74-55(70)36-34-32-30-28-26-24-22-20-18-16-14-12-10-8-6-2)43-57(3)37-38-58(4)50(62)44-59(41-42-61(56(71)72)47-53(67)68)39-40-60(45-51(63)64)46-52(65)66/h49H,5-48H2,1-4H3,(H,63,64)(H,65,66)(H,67,68)(H,71,72). The highest BCUT2D eigenvalue weighted by Crippen LogP contribution is 2.16. The highest BCUT2D eigenvalue weighted by atomic mass is 16.6. The van der Waals surface area contributed by atoms with E-state index in [0.29, 0.717) is 24.3 Å². The van der Waals surface area contributed by atoms with Crippen molar-refractivity contribution in [1.29, 1.82) is 0 Å². The largest absolute Gasteiger partial charge is 0.480 e. The topological polar surface area (TPSA) is 235 Å². The van der Waals surface area contributed by atoms with Crippen molar-refractivity contribution >= 4 is 41.8 Å². The lowest BCUT2D eigenvalue weighted by molar-refractivity contribution is -0.160. The summed E-state index contributed by atoms with van der Waals surface area (Å²) in [4.78, 5) is 92.0. The Morgan fingerprint density at radius 3 is 1.16 bits per heavy atom. The summed E-state index contributed by atoms with van der Waals surface area (Å²) in [7, 11) is 3.39. The summed E-state index contributed by atoms with van der Waals surface area (Å²) >= 11 is 0. The maximum atomic E-state index is 13.5. The molecule has 0 aromatic carbocycles. The second kappa shape index (κ2) is 48.6. The molecule has 0 fully saturated rings. The van der Waals surface area contributed by atoms with Crippen molar-refractivity contribution in [2.45, 2.75) is 225 Å². The zero-order valence-electron chi connectivity index (χ0n) is 46.9. The Morgan fingerprint density at radius 1 is 0.405 bits per heavy atom. The Kier molecular flexibility index (Phi) is 46.0. The fourth-order valence-electron chi connectivity index (χ4n) is 8.92. The van der Waals surface area contributed by atoms with Crippen molar-refractivity contribution in [3.63, 3.8) is 0 Å². The van der Waals surface area contributed by atoms with Gasteiger partial charge in [-0.05, 0) is 19.9 Å². The molecule has 1 atom stereocenters. The van der Waals surface area contributed by atoms with Gasteiger partial charge in [-0.25, -0.2) is 4.79 Å². The molecule has 4 N–H and O–H groups in total. The summed E-state index contributed by atoms with van der Waals surface area (Å²) in [6.07, 6.45) is 35.1. The van der Waals surface area contributed by atoms with Gasteiger partial charge in [0.1, 0.15) is 19.3 Å². The quantitative estimate of drug-likeness (QED) is 0.0327. The average Bonchev–Trinajstić information content (AvgIpc) is 3.34. The molecule has 0 aromatic rings. The van der Waals surface area contributed by atoms with Gasteiger partial charge in [-0.1, -0.05) is 194 Å². The van der Waals surface area contributed by atoms with E-state index in [1.54, 1.807) is 14.1 Å². The number of carbonyl (C=O) groups is 7. The molecule has 74 heavy (non-hydrogen) atoms. The first-order valence-electron chi connectivity index (χ1n) is 28.9. The monoisotopic (exact) mass is 1060 g/mol. The Bertz CT molecular complexity index is 1460. The normalized spacial score (nSPS) is 11.8. The number of esters is 2. The molecule has 0 rings (SSSR count). The lowest BCUT2D eigenvalue weighted by Gasteiger charge is -2.30. The first kappa shape index (κ1) is 70.0. The summed E-state index contributed by atoms with van der Waals surface area (Å²) in [6.45, 7) is 2.59. The fraction of sp³-hybridized carbons (Fsp3) is 0.875. The molecular formula is C56H105N5O13. The third-order valence-electron chi connectivity index (χ3n) is 13.5. The number of carbonyl (C=O) groups excluding carboxylic acids is 3. The van der Waals surface area contributed by atoms with Crippen LogP contribution in [-0.2, 0) is 38.2 Å². The van der Waals surface area contributed by atoms with Crippen molar-refractivity contribution in [2.75, 3.05) is 92.7 Å². The smallest absolute Gasteiger partial charge is 0.407 e. The molecule has 0 spiro atoms. The highest BCUT2D eigenvalue weighted by molar-refractivity contribution is 5.78. The van der Waals surface area contributed by atoms with E-state index in [-0.39, 0.29) is 76.7 Å². The van der Waals surface area contributed by atoms with Crippen LogP contribution in [0.5, 0.6) is 0 Å². The number of hydrogen-bond donors (Lipinski definition) is 4. The van der Waals surface area contributed by atoms with Gasteiger partial charge in [0, 0.05) is 65.7 Å². The van der Waals surface area contributed by atoms with Crippen LogP contribution in [0.25, 0.3) is 0 Å². The van der Waals surface area contributed by atoms with Gasteiger partial charge in [-0.3, -0.25) is 43.5 Å². The number of nitrogens with zero attached hydrogens (tertiary/aromatic N) is 5. The van der Waals surface area contributed by atoms with Gasteiger partial charge >= 0.3 is 35.9 Å². The number of rotatable bonds is 54. The minimum absolute atomic E-state index is 0.00875. The van der Waals surface area contributed by atoms with Gasteiger partial charge in [0.05, 0.1) is 19.6 Å². The van der Waals surface area contributed by atoms with Crippen molar-refractivity contribution < 1.29 is 63.5 Å². The Labute approximate surface area is 446 Å².